The third-order valence-corrected chi connectivity index (χ3v) is 4.05. The van der Waals surface area contributed by atoms with Gasteiger partial charge in [-0.25, -0.2) is 4.98 Å². The Hall–Kier alpha value is -1.32. The van der Waals surface area contributed by atoms with Gasteiger partial charge >= 0.3 is 0 Å². The summed E-state index contributed by atoms with van der Waals surface area (Å²) in [5.41, 5.74) is 0. The number of nitrogens with zero attached hydrogens (tertiary/aromatic N) is 3. The van der Waals surface area contributed by atoms with Crippen molar-refractivity contribution in [2.24, 2.45) is 5.92 Å². The van der Waals surface area contributed by atoms with Gasteiger partial charge in [0, 0.05) is 19.6 Å². The molecule has 1 atom stereocenters. The maximum atomic E-state index is 4.70. The molecule has 112 valence electrons. The van der Waals surface area contributed by atoms with Crippen LogP contribution in [-0.4, -0.2) is 29.6 Å². The smallest absolute Gasteiger partial charge is 0.149 e. The molecular formula is C16H28N4. The summed E-state index contributed by atoms with van der Waals surface area (Å²) < 4.78 is 0. The number of rotatable bonds is 6. The van der Waals surface area contributed by atoms with E-state index in [9.17, 15) is 0 Å². The van der Waals surface area contributed by atoms with Crippen LogP contribution in [0, 0.1) is 5.92 Å². The average Bonchev–Trinajstić information content (AvgIpc) is 2.72. The lowest BCUT2D eigenvalue weighted by Crippen LogP contribution is -2.25. The highest BCUT2D eigenvalue weighted by molar-refractivity contribution is 5.43. The van der Waals surface area contributed by atoms with Crippen LogP contribution in [0.15, 0.2) is 12.4 Å². The molecule has 0 aliphatic carbocycles. The predicted molar refractivity (Wildman–Crippen MR) is 85.3 cm³/mol. The molecule has 1 aromatic rings. The monoisotopic (exact) mass is 276 g/mol. The fraction of sp³-hybridized carbons (Fsp3) is 0.750. The van der Waals surface area contributed by atoms with E-state index in [1.54, 1.807) is 0 Å². The Bertz CT molecular complexity index is 394. The first-order valence-corrected chi connectivity index (χ1v) is 8.14. The lowest BCUT2D eigenvalue weighted by molar-refractivity contribution is 0.435. The first-order chi connectivity index (χ1) is 9.83. The van der Waals surface area contributed by atoms with Crippen molar-refractivity contribution in [2.45, 2.75) is 52.4 Å². The van der Waals surface area contributed by atoms with Crippen molar-refractivity contribution in [1.29, 1.82) is 0 Å². The fourth-order valence-electron chi connectivity index (χ4n) is 2.94. The molecule has 4 heteroatoms. The molecule has 1 fully saturated rings. The Morgan fingerprint density at radius 1 is 1.20 bits per heavy atom. The van der Waals surface area contributed by atoms with Crippen molar-refractivity contribution < 1.29 is 0 Å². The lowest BCUT2D eigenvalue weighted by atomic mass is 9.96. The summed E-state index contributed by atoms with van der Waals surface area (Å²) in [5, 5.41) is 3.32. The van der Waals surface area contributed by atoms with Gasteiger partial charge in [-0.15, -0.1) is 0 Å². The van der Waals surface area contributed by atoms with Crippen LogP contribution >= 0.6 is 0 Å². The van der Waals surface area contributed by atoms with Crippen molar-refractivity contribution in [3.05, 3.63) is 12.4 Å². The van der Waals surface area contributed by atoms with Gasteiger partial charge in [0.2, 0.25) is 0 Å². The van der Waals surface area contributed by atoms with Crippen LogP contribution in [0.2, 0.25) is 0 Å². The highest BCUT2D eigenvalue weighted by atomic mass is 15.2. The molecular weight excluding hydrogens is 248 g/mol. The summed E-state index contributed by atoms with van der Waals surface area (Å²) in [6.45, 7) is 7.64. The van der Waals surface area contributed by atoms with Gasteiger partial charge < -0.3 is 10.2 Å². The number of aromatic nitrogens is 2. The van der Waals surface area contributed by atoms with E-state index in [0.717, 1.165) is 43.6 Å². The zero-order valence-electron chi connectivity index (χ0n) is 12.9. The molecule has 0 bridgehead atoms. The molecule has 0 amide bonds. The van der Waals surface area contributed by atoms with E-state index in [1.807, 2.05) is 12.4 Å². The van der Waals surface area contributed by atoms with Crippen LogP contribution in [0.1, 0.15) is 52.4 Å². The summed E-state index contributed by atoms with van der Waals surface area (Å²) in [6.07, 6.45) is 11.4. The zero-order chi connectivity index (χ0) is 14.2. The molecule has 0 saturated carbocycles. The van der Waals surface area contributed by atoms with Crippen LogP contribution < -0.4 is 10.2 Å². The quantitative estimate of drug-likeness (QED) is 0.860. The second-order valence-corrected chi connectivity index (χ2v) is 5.76. The third kappa shape index (κ3) is 4.36. The van der Waals surface area contributed by atoms with Gasteiger partial charge in [0.15, 0.2) is 0 Å². The van der Waals surface area contributed by atoms with E-state index in [2.05, 4.69) is 29.0 Å². The molecule has 1 N–H and O–H groups in total. The Morgan fingerprint density at radius 2 is 2.10 bits per heavy atom. The molecule has 2 heterocycles. The summed E-state index contributed by atoms with van der Waals surface area (Å²) in [7, 11) is 0. The molecule has 4 nitrogen and oxygen atoms in total. The second-order valence-electron chi connectivity index (χ2n) is 5.76. The Morgan fingerprint density at radius 3 is 2.90 bits per heavy atom. The molecule has 0 radical (unpaired) electrons. The van der Waals surface area contributed by atoms with Crippen LogP contribution in [0.4, 0.5) is 11.6 Å². The second kappa shape index (κ2) is 8.08. The highest BCUT2D eigenvalue weighted by Gasteiger charge is 2.17. The summed E-state index contributed by atoms with van der Waals surface area (Å²) in [4.78, 5) is 11.4. The molecule has 0 aromatic carbocycles. The maximum Gasteiger partial charge on any atom is 0.149 e. The Balaban J connectivity index is 1.96. The van der Waals surface area contributed by atoms with Crippen molar-refractivity contribution in [3.63, 3.8) is 0 Å². The van der Waals surface area contributed by atoms with Crippen molar-refractivity contribution in [1.82, 2.24) is 9.97 Å². The molecule has 0 spiro atoms. The van der Waals surface area contributed by atoms with Gasteiger partial charge in [0.1, 0.15) is 11.6 Å². The van der Waals surface area contributed by atoms with Gasteiger partial charge in [-0.2, -0.15) is 0 Å². The van der Waals surface area contributed by atoms with Crippen LogP contribution in [0.25, 0.3) is 0 Å². The van der Waals surface area contributed by atoms with Crippen LogP contribution in [-0.2, 0) is 0 Å². The zero-order valence-corrected chi connectivity index (χ0v) is 12.9. The van der Waals surface area contributed by atoms with Crippen LogP contribution in [0.5, 0.6) is 0 Å². The highest BCUT2D eigenvalue weighted by Crippen LogP contribution is 2.24. The van der Waals surface area contributed by atoms with Gasteiger partial charge in [0.05, 0.1) is 12.4 Å². The van der Waals surface area contributed by atoms with Crippen molar-refractivity contribution in [3.8, 4) is 0 Å². The third-order valence-electron chi connectivity index (χ3n) is 4.05. The Kier molecular flexibility index (Phi) is 6.09. The van der Waals surface area contributed by atoms with E-state index >= 15 is 0 Å². The van der Waals surface area contributed by atoms with E-state index in [-0.39, 0.29) is 0 Å². The summed E-state index contributed by atoms with van der Waals surface area (Å²) in [5.74, 6) is 2.83. The minimum absolute atomic E-state index is 0.902. The van der Waals surface area contributed by atoms with E-state index < -0.39 is 0 Å². The number of hydrogen-bond donors (Lipinski definition) is 1. The standard InChI is InChI=1S/C16H28N4/c1-3-6-14-7-5-10-20(11-8-14)16-13-17-12-15(19-16)18-9-4-2/h12-14H,3-11H2,1-2H3,(H,18,19). The van der Waals surface area contributed by atoms with Crippen molar-refractivity contribution >= 4 is 11.6 Å². The minimum Gasteiger partial charge on any atom is -0.369 e. The van der Waals surface area contributed by atoms with E-state index in [4.69, 9.17) is 4.98 Å². The molecule has 1 unspecified atom stereocenters. The SMILES string of the molecule is CCCNc1cncc(N2CCCC(CCC)CC2)n1. The van der Waals surface area contributed by atoms with E-state index in [1.165, 1.54) is 32.1 Å². The molecule has 2 rings (SSSR count). The van der Waals surface area contributed by atoms with Crippen molar-refractivity contribution in [2.75, 3.05) is 29.9 Å². The molecule has 1 aromatic heterocycles. The number of anilines is 2. The van der Waals surface area contributed by atoms with Gasteiger partial charge in [-0.05, 0) is 31.6 Å². The maximum absolute atomic E-state index is 4.70. The van der Waals surface area contributed by atoms with Gasteiger partial charge in [-0.3, -0.25) is 4.98 Å². The van der Waals surface area contributed by atoms with Gasteiger partial charge in [-0.1, -0.05) is 26.7 Å². The molecule has 20 heavy (non-hydrogen) atoms. The minimum atomic E-state index is 0.902. The molecule has 1 saturated heterocycles. The normalized spacial score (nSPS) is 19.7. The first-order valence-electron chi connectivity index (χ1n) is 8.14. The summed E-state index contributed by atoms with van der Waals surface area (Å²) >= 11 is 0. The van der Waals surface area contributed by atoms with E-state index in [0.29, 0.717) is 0 Å². The predicted octanol–water partition coefficient (Wildman–Crippen LogP) is 3.71. The largest absolute Gasteiger partial charge is 0.369 e. The average molecular weight is 276 g/mol. The molecule has 1 aliphatic heterocycles. The van der Waals surface area contributed by atoms with Gasteiger partial charge in [0.25, 0.3) is 0 Å². The lowest BCUT2D eigenvalue weighted by Gasteiger charge is -2.21. The Labute approximate surface area is 123 Å². The first kappa shape index (κ1) is 15.1. The topological polar surface area (TPSA) is 41.1 Å². The number of nitrogens with one attached hydrogen (secondary N) is 1. The number of hydrogen-bond acceptors (Lipinski definition) is 4. The fourth-order valence-corrected chi connectivity index (χ4v) is 2.94. The van der Waals surface area contributed by atoms with Crippen LogP contribution in [0.3, 0.4) is 0 Å². The molecule has 1 aliphatic rings. The summed E-state index contributed by atoms with van der Waals surface area (Å²) in [6, 6.07) is 0.